The van der Waals surface area contributed by atoms with Gasteiger partial charge in [-0.15, -0.1) is 6.42 Å². The predicted octanol–water partition coefficient (Wildman–Crippen LogP) is 3.14. The van der Waals surface area contributed by atoms with Gasteiger partial charge in [0.2, 0.25) is 0 Å². The SMILES string of the molecule is C#CC(NC(=O)c1ncn2c(C)cc(-c3cccc(F)c3)nc12)C(F)(F)F. The molecule has 1 aromatic carbocycles. The van der Waals surface area contributed by atoms with Gasteiger partial charge in [0.15, 0.2) is 17.4 Å². The minimum atomic E-state index is -4.80. The van der Waals surface area contributed by atoms with Crippen LogP contribution in [0, 0.1) is 25.1 Å². The monoisotopic (exact) mass is 376 g/mol. The highest BCUT2D eigenvalue weighted by Crippen LogP contribution is 2.23. The van der Waals surface area contributed by atoms with E-state index >= 15 is 0 Å². The molecule has 0 aliphatic carbocycles. The van der Waals surface area contributed by atoms with Crippen molar-refractivity contribution in [1.82, 2.24) is 19.7 Å². The standard InChI is InChI=1S/C18H12F4N4O/c1-3-14(18(20,21)22)25-17(27)15-16-24-13(7-10(2)26(16)9-23-15)11-5-4-6-12(19)8-11/h1,4-9,14H,2H3,(H,25,27). The summed E-state index contributed by atoms with van der Waals surface area (Å²) in [7, 11) is 0. The van der Waals surface area contributed by atoms with Crippen LogP contribution >= 0.6 is 0 Å². The van der Waals surface area contributed by atoms with Crippen molar-refractivity contribution >= 4 is 11.6 Å². The molecule has 5 nitrogen and oxygen atoms in total. The average Bonchev–Trinajstić information content (AvgIpc) is 3.03. The Morgan fingerprint density at radius 3 is 2.70 bits per heavy atom. The number of terminal acetylenes is 1. The number of imidazole rings is 1. The summed E-state index contributed by atoms with van der Waals surface area (Å²) in [6.07, 6.45) is 1.32. The van der Waals surface area contributed by atoms with E-state index in [9.17, 15) is 22.4 Å². The van der Waals surface area contributed by atoms with E-state index in [-0.39, 0.29) is 11.3 Å². The van der Waals surface area contributed by atoms with Gasteiger partial charge in [-0.2, -0.15) is 13.2 Å². The van der Waals surface area contributed by atoms with Crippen LogP contribution in [0.2, 0.25) is 0 Å². The molecule has 27 heavy (non-hydrogen) atoms. The number of hydrogen-bond acceptors (Lipinski definition) is 3. The van der Waals surface area contributed by atoms with E-state index in [4.69, 9.17) is 6.42 Å². The Hall–Kier alpha value is -3.41. The largest absolute Gasteiger partial charge is 0.420 e. The maximum Gasteiger partial charge on any atom is 0.420 e. The van der Waals surface area contributed by atoms with Gasteiger partial charge in [0.05, 0.1) is 5.69 Å². The van der Waals surface area contributed by atoms with Crippen molar-refractivity contribution in [2.24, 2.45) is 0 Å². The normalized spacial score (nSPS) is 12.6. The van der Waals surface area contributed by atoms with Crippen LogP contribution in [0.3, 0.4) is 0 Å². The van der Waals surface area contributed by atoms with E-state index in [0.717, 1.165) is 0 Å². The molecule has 1 N–H and O–H groups in total. The summed E-state index contributed by atoms with van der Waals surface area (Å²) in [6.45, 7) is 1.70. The van der Waals surface area contributed by atoms with Gasteiger partial charge in [0.25, 0.3) is 5.91 Å². The molecule has 0 saturated heterocycles. The van der Waals surface area contributed by atoms with Crippen molar-refractivity contribution in [1.29, 1.82) is 0 Å². The van der Waals surface area contributed by atoms with Crippen LogP contribution in [0.25, 0.3) is 16.9 Å². The summed E-state index contributed by atoms with van der Waals surface area (Å²) in [6, 6.07) is 4.84. The molecule has 1 atom stereocenters. The lowest BCUT2D eigenvalue weighted by Gasteiger charge is -2.15. The van der Waals surface area contributed by atoms with Gasteiger partial charge in [-0.3, -0.25) is 9.20 Å². The fourth-order valence-corrected chi connectivity index (χ4v) is 2.49. The van der Waals surface area contributed by atoms with Crippen molar-refractivity contribution in [3.05, 3.63) is 53.9 Å². The smallest absolute Gasteiger partial charge is 0.329 e. The molecule has 0 fully saturated rings. The number of aromatic nitrogens is 3. The molecule has 1 unspecified atom stereocenters. The van der Waals surface area contributed by atoms with Crippen molar-refractivity contribution in [2.45, 2.75) is 19.1 Å². The quantitative estimate of drug-likeness (QED) is 0.564. The number of rotatable bonds is 3. The maximum absolute atomic E-state index is 13.5. The number of fused-ring (bicyclic) bond motifs is 1. The molecule has 0 spiro atoms. The van der Waals surface area contributed by atoms with Crippen LogP contribution in [0.5, 0.6) is 0 Å². The molecule has 9 heteroatoms. The van der Waals surface area contributed by atoms with E-state index in [2.05, 4.69) is 9.97 Å². The highest BCUT2D eigenvalue weighted by Gasteiger charge is 2.40. The number of hydrogen-bond donors (Lipinski definition) is 1. The number of aryl methyl sites for hydroxylation is 1. The minimum absolute atomic E-state index is 0.0321. The van der Waals surface area contributed by atoms with Crippen molar-refractivity contribution in [2.75, 3.05) is 0 Å². The first-order valence-corrected chi connectivity index (χ1v) is 7.65. The summed E-state index contributed by atoms with van der Waals surface area (Å²) >= 11 is 0. The van der Waals surface area contributed by atoms with Crippen molar-refractivity contribution in [3.63, 3.8) is 0 Å². The van der Waals surface area contributed by atoms with Gasteiger partial charge < -0.3 is 5.32 Å². The molecule has 3 aromatic rings. The van der Waals surface area contributed by atoms with Crippen LogP contribution in [-0.2, 0) is 0 Å². The number of carbonyl (C=O) groups excluding carboxylic acids is 1. The van der Waals surface area contributed by atoms with Gasteiger partial charge in [-0.1, -0.05) is 18.1 Å². The molecule has 0 radical (unpaired) electrons. The van der Waals surface area contributed by atoms with E-state index in [1.54, 1.807) is 24.4 Å². The fourth-order valence-electron chi connectivity index (χ4n) is 2.49. The van der Waals surface area contributed by atoms with E-state index < -0.39 is 23.9 Å². The number of carbonyl (C=O) groups is 1. The number of benzene rings is 1. The summed E-state index contributed by atoms with van der Waals surface area (Å²) in [5.41, 5.74) is 1.11. The van der Waals surface area contributed by atoms with Gasteiger partial charge in [0, 0.05) is 11.3 Å². The Kier molecular flexibility index (Phi) is 4.57. The molecule has 0 aliphatic rings. The number of alkyl halides is 3. The highest BCUT2D eigenvalue weighted by atomic mass is 19.4. The lowest BCUT2D eigenvalue weighted by atomic mass is 10.1. The second-order valence-electron chi connectivity index (χ2n) is 5.69. The molecule has 0 aliphatic heterocycles. The summed E-state index contributed by atoms with van der Waals surface area (Å²) in [5.74, 6) is -0.0979. The van der Waals surface area contributed by atoms with E-state index in [1.165, 1.54) is 34.8 Å². The van der Waals surface area contributed by atoms with Crippen molar-refractivity contribution < 1.29 is 22.4 Å². The molecular formula is C18H12F4N4O. The lowest BCUT2D eigenvalue weighted by molar-refractivity contribution is -0.140. The molecule has 0 bridgehead atoms. The first kappa shape index (κ1) is 18.4. The topological polar surface area (TPSA) is 59.3 Å². The predicted molar refractivity (Wildman–Crippen MR) is 89.3 cm³/mol. The first-order valence-electron chi connectivity index (χ1n) is 7.65. The Labute approximate surface area is 151 Å². The molecule has 138 valence electrons. The number of nitrogens with one attached hydrogen (secondary N) is 1. The highest BCUT2D eigenvalue weighted by molar-refractivity contribution is 5.98. The zero-order valence-electron chi connectivity index (χ0n) is 13.9. The Morgan fingerprint density at radius 2 is 2.07 bits per heavy atom. The number of halogens is 4. The lowest BCUT2D eigenvalue weighted by Crippen LogP contribution is -2.44. The van der Waals surface area contributed by atoms with Gasteiger partial charge in [-0.25, -0.2) is 14.4 Å². The first-order chi connectivity index (χ1) is 12.7. The summed E-state index contributed by atoms with van der Waals surface area (Å²) in [4.78, 5) is 20.4. The average molecular weight is 376 g/mol. The maximum atomic E-state index is 13.5. The van der Waals surface area contributed by atoms with Crippen LogP contribution in [0.4, 0.5) is 17.6 Å². The van der Waals surface area contributed by atoms with Crippen LogP contribution in [0.15, 0.2) is 36.7 Å². The zero-order chi connectivity index (χ0) is 19.8. The van der Waals surface area contributed by atoms with Crippen LogP contribution in [0.1, 0.15) is 16.2 Å². The second-order valence-corrected chi connectivity index (χ2v) is 5.69. The van der Waals surface area contributed by atoms with Crippen LogP contribution in [-0.4, -0.2) is 32.5 Å². The molecular weight excluding hydrogens is 364 g/mol. The van der Waals surface area contributed by atoms with Gasteiger partial charge >= 0.3 is 6.18 Å². The summed E-state index contributed by atoms with van der Waals surface area (Å²) < 4.78 is 53.3. The Morgan fingerprint density at radius 1 is 1.33 bits per heavy atom. The van der Waals surface area contributed by atoms with Crippen molar-refractivity contribution in [3.8, 4) is 23.6 Å². The molecule has 0 saturated carbocycles. The Balaban J connectivity index is 2.05. The van der Waals surface area contributed by atoms with E-state index in [1.807, 2.05) is 0 Å². The zero-order valence-corrected chi connectivity index (χ0v) is 13.9. The second kappa shape index (κ2) is 6.72. The van der Waals surface area contributed by atoms with Gasteiger partial charge in [-0.05, 0) is 25.1 Å². The van der Waals surface area contributed by atoms with E-state index in [0.29, 0.717) is 17.0 Å². The van der Waals surface area contributed by atoms with Gasteiger partial charge in [0.1, 0.15) is 12.1 Å². The summed E-state index contributed by atoms with van der Waals surface area (Å²) in [5, 5.41) is 1.71. The molecule has 2 heterocycles. The molecule has 3 rings (SSSR count). The number of nitrogens with zero attached hydrogens (tertiary/aromatic N) is 3. The third-order valence-corrected chi connectivity index (χ3v) is 3.80. The molecule has 2 aromatic heterocycles. The minimum Gasteiger partial charge on any atom is -0.329 e. The number of amides is 1. The fraction of sp³-hybridized carbons (Fsp3) is 0.167. The third-order valence-electron chi connectivity index (χ3n) is 3.80. The third kappa shape index (κ3) is 3.60. The Bertz CT molecular complexity index is 1070. The van der Waals surface area contributed by atoms with Crippen LogP contribution < -0.4 is 5.32 Å². The molecule has 1 amide bonds.